The number of nitrogens with zero attached hydrogens (tertiary/aromatic N) is 1. The quantitative estimate of drug-likeness (QED) is 0.606. The number of carboxylic acid groups (broad SMARTS) is 1. The minimum absolute atomic E-state index is 0.0559. The van der Waals surface area contributed by atoms with E-state index < -0.39 is 24.1 Å². The number of amides is 2. The minimum atomic E-state index is -1.13. The fourth-order valence-corrected chi connectivity index (χ4v) is 1.53. The molecule has 1 saturated heterocycles. The highest BCUT2D eigenvalue weighted by Gasteiger charge is 2.32. The maximum Gasteiger partial charge on any atom is 0.408 e. The van der Waals surface area contributed by atoms with Gasteiger partial charge in [0, 0.05) is 13.1 Å². The molecule has 2 atom stereocenters. The van der Waals surface area contributed by atoms with Crippen LogP contribution in [0.15, 0.2) is 0 Å². The van der Waals surface area contributed by atoms with Gasteiger partial charge in [-0.05, 0) is 6.42 Å². The first kappa shape index (κ1) is 13.7. The lowest BCUT2D eigenvalue weighted by Crippen LogP contribution is -2.56. The van der Waals surface area contributed by atoms with Gasteiger partial charge >= 0.3 is 6.09 Å². The molecule has 17 heavy (non-hydrogen) atoms. The monoisotopic (exact) mass is 246 g/mol. The van der Waals surface area contributed by atoms with Crippen LogP contribution >= 0.6 is 0 Å². The molecule has 7 heteroatoms. The van der Waals surface area contributed by atoms with E-state index >= 15 is 0 Å². The predicted molar refractivity (Wildman–Crippen MR) is 58.6 cm³/mol. The Hall–Kier alpha value is -1.34. The molecular formula is C10H18N2O5. The number of aliphatic hydroxyl groups excluding tert-OH is 1. The lowest BCUT2D eigenvalue weighted by molar-refractivity contribution is -0.131. The van der Waals surface area contributed by atoms with E-state index in [0.717, 1.165) is 4.90 Å². The second-order valence-electron chi connectivity index (χ2n) is 3.87. The van der Waals surface area contributed by atoms with Gasteiger partial charge in [-0.25, -0.2) is 4.79 Å². The van der Waals surface area contributed by atoms with E-state index in [1.165, 1.54) is 0 Å². The van der Waals surface area contributed by atoms with Gasteiger partial charge in [0.25, 0.3) is 0 Å². The smallest absolute Gasteiger partial charge is 0.408 e. The number of nitrogens with one attached hydrogen (secondary N) is 1. The van der Waals surface area contributed by atoms with Crippen LogP contribution in [0.5, 0.6) is 0 Å². The summed E-state index contributed by atoms with van der Waals surface area (Å²) in [4.78, 5) is 23.7. The zero-order chi connectivity index (χ0) is 12.8. The Kier molecular flexibility index (Phi) is 5.17. The Bertz CT molecular complexity index is 284. The third-order valence-corrected chi connectivity index (χ3v) is 2.66. The molecule has 0 saturated carbocycles. The van der Waals surface area contributed by atoms with Crippen LogP contribution in [0, 0.1) is 0 Å². The van der Waals surface area contributed by atoms with Gasteiger partial charge in [0.2, 0.25) is 5.91 Å². The molecule has 1 heterocycles. The Morgan fingerprint density at radius 1 is 1.59 bits per heavy atom. The number of hydrogen-bond donors (Lipinski definition) is 3. The van der Waals surface area contributed by atoms with Crippen LogP contribution in [-0.2, 0) is 9.53 Å². The molecule has 3 N–H and O–H groups in total. The van der Waals surface area contributed by atoms with Crippen LogP contribution in [0.2, 0.25) is 0 Å². The molecule has 0 spiro atoms. The molecule has 0 bridgehead atoms. The van der Waals surface area contributed by atoms with E-state index in [0.29, 0.717) is 13.0 Å². The molecule has 2 unspecified atom stereocenters. The van der Waals surface area contributed by atoms with Gasteiger partial charge in [0.15, 0.2) is 0 Å². The minimum Gasteiger partial charge on any atom is -0.465 e. The average molecular weight is 246 g/mol. The van der Waals surface area contributed by atoms with Gasteiger partial charge < -0.3 is 20.3 Å². The van der Waals surface area contributed by atoms with Crippen molar-refractivity contribution in [1.29, 1.82) is 0 Å². The highest BCUT2D eigenvalue weighted by molar-refractivity contribution is 5.85. The summed E-state index contributed by atoms with van der Waals surface area (Å²) in [5.41, 5.74) is 0. The van der Waals surface area contributed by atoms with Gasteiger partial charge in [-0.1, -0.05) is 6.92 Å². The van der Waals surface area contributed by atoms with E-state index in [1.54, 1.807) is 6.92 Å². The average Bonchev–Trinajstić information content (AvgIpc) is 2.35. The molecule has 1 aliphatic heterocycles. The molecule has 1 fully saturated rings. The Balaban J connectivity index is 2.50. The fourth-order valence-electron chi connectivity index (χ4n) is 1.53. The summed E-state index contributed by atoms with van der Waals surface area (Å²) in [5.74, 6) is -0.431. The number of hydrogen-bond acceptors (Lipinski definition) is 4. The summed E-state index contributed by atoms with van der Waals surface area (Å²) in [5, 5.41) is 20.7. The first-order valence-corrected chi connectivity index (χ1v) is 5.59. The number of rotatable bonds is 4. The topological polar surface area (TPSA) is 99.1 Å². The maximum absolute atomic E-state index is 11.7. The van der Waals surface area contributed by atoms with Gasteiger partial charge in [-0.3, -0.25) is 9.69 Å². The Labute approximate surface area is 99.4 Å². The first-order chi connectivity index (χ1) is 8.06. The van der Waals surface area contributed by atoms with Crippen molar-refractivity contribution in [3.05, 3.63) is 0 Å². The summed E-state index contributed by atoms with van der Waals surface area (Å²) < 4.78 is 5.09. The van der Waals surface area contributed by atoms with Crippen LogP contribution in [0.1, 0.15) is 13.3 Å². The van der Waals surface area contributed by atoms with Gasteiger partial charge in [0.1, 0.15) is 6.04 Å². The summed E-state index contributed by atoms with van der Waals surface area (Å²) >= 11 is 0. The molecule has 1 aliphatic rings. The normalized spacial score (nSPS) is 22.0. The fraction of sp³-hybridized carbons (Fsp3) is 0.800. The number of carbonyl (C=O) groups is 2. The van der Waals surface area contributed by atoms with Crippen LogP contribution in [0.4, 0.5) is 4.79 Å². The van der Waals surface area contributed by atoms with Crippen molar-refractivity contribution in [3.63, 3.8) is 0 Å². The largest absolute Gasteiger partial charge is 0.465 e. The van der Waals surface area contributed by atoms with Crippen molar-refractivity contribution in [2.75, 3.05) is 26.3 Å². The van der Waals surface area contributed by atoms with Crippen LogP contribution in [0.25, 0.3) is 0 Å². The molecule has 0 aliphatic carbocycles. The number of aliphatic hydroxyl groups is 1. The van der Waals surface area contributed by atoms with Crippen LogP contribution in [0.3, 0.4) is 0 Å². The summed E-state index contributed by atoms with van der Waals surface area (Å²) in [7, 11) is 0. The summed E-state index contributed by atoms with van der Waals surface area (Å²) in [6, 6.07) is -0.828. The molecule has 2 amide bonds. The Morgan fingerprint density at radius 2 is 2.29 bits per heavy atom. The van der Waals surface area contributed by atoms with E-state index in [2.05, 4.69) is 5.32 Å². The number of morpholine rings is 1. The van der Waals surface area contributed by atoms with Crippen molar-refractivity contribution < 1.29 is 24.5 Å². The predicted octanol–water partition coefficient (Wildman–Crippen LogP) is -0.748. The molecule has 1 rings (SSSR count). The molecule has 0 radical (unpaired) electrons. The lowest BCUT2D eigenvalue weighted by atomic mass is 10.2. The van der Waals surface area contributed by atoms with Crippen LogP contribution < -0.4 is 5.32 Å². The summed E-state index contributed by atoms with van der Waals surface area (Å²) in [6.07, 6.45) is -1.21. The number of carbonyl (C=O) groups excluding carboxylic acids is 1. The SMILES string of the molecule is CCC(O)CNC(=O)C1COCCN1C(=O)O. The third-order valence-electron chi connectivity index (χ3n) is 2.66. The molecule has 0 aromatic carbocycles. The zero-order valence-electron chi connectivity index (χ0n) is 9.76. The molecular weight excluding hydrogens is 228 g/mol. The van der Waals surface area contributed by atoms with Crippen molar-refractivity contribution in [2.24, 2.45) is 0 Å². The van der Waals surface area contributed by atoms with E-state index in [4.69, 9.17) is 9.84 Å². The van der Waals surface area contributed by atoms with Crippen molar-refractivity contribution >= 4 is 12.0 Å². The van der Waals surface area contributed by atoms with Crippen molar-refractivity contribution in [1.82, 2.24) is 10.2 Å². The van der Waals surface area contributed by atoms with Gasteiger partial charge in [-0.15, -0.1) is 0 Å². The van der Waals surface area contributed by atoms with Gasteiger partial charge in [0.05, 0.1) is 19.3 Å². The van der Waals surface area contributed by atoms with E-state index in [-0.39, 0.29) is 19.7 Å². The zero-order valence-corrected chi connectivity index (χ0v) is 9.76. The standard InChI is InChI=1S/C10H18N2O5/c1-2-7(13)5-11-9(14)8-6-17-4-3-12(8)10(15)16/h7-8,13H,2-6H2,1H3,(H,11,14)(H,15,16). The molecule has 98 valence electrons. The first-order valence-electron chi connectivity index (χ1n) is 5.59. The maximum atomic E-state index is 11.7. The Morgan fingerprint density at radius 3 is 2.88 bits per heavy atom. The molecule has 7 nitrogen and oxygen atoms in total. The van der Waals surface area contributed by atoms with E-state index in [1.807, 2.05) is 0 Å². The third kappa shape index (κ3) is 3.86. The molecule has 0 aromatic heterocycles. The van der Waals surface area contributed by atoms with Crippen molar-refractivity contribution in [2.45, 2.75) is 25.5 Å². The van der Waals surface area contributed by atoms with Crippen molar-refractivity contribution in [3.8, 4) is 0 Å². The van der Waals surface area contributed by atoms with E-state index in [9.17, 15) is 14.7 Å². The number of ether oxygens (including phenoxy) is 1. The van der Waals surface area contributed by atoms with Gasteiger partial charge in [-0.2, -0.15) is 0 Å². The second kappa shape index (κ2) is 6.41. The highest BCUT2D eigenvalue weighted by atomic mass is 16.5. The summed E-state index contributed by atoms with van der Waals surface area (Å²) in [6.45, 7) is 2.46. The second-order valence-corrected chi connectivity index (χ2v) is 3.87. The van der Waals surface area contributed by atoms with Crippen LogP contribution in [-0.4, -0.2) is 65.6 Å². The molecule has 0 aromatic rings. The lowest BCUT2D eigenvalue weighted by Gasteiger charge is -2.32. The highest BCUT2D eigenvalue weighted by Crippen LogP contribution is 2.07.